The molecule has 0 fully saturated rings. The first-order chi connectivity index (χ1) is 34.2. The molecule has 0 unspecified atom stereocenters. The van der Waals surface area contributed by atoms with Gasteiger partial charge >= 0.3 is 0 Å². The second kappa shape index (κ2) is 19.6. The maximum atomic E-state index is 2.49. The molecule has 0 saturated carbocycles. The lowest BCUT2D eigenvalue weighted by Gasteiger charge is -2.33. The molecule has 0 radical (unpaired) electrons. The third kappa shape index (κ3) is 10.7. The van der Waals surface area contributed by atoms with E-state index in [2.05, 4.69) is 311 Å². The highest BCUT2D eigenvalue weighted by atomic mass is 15.2. The van der Waals surface area contributed by atoms with Gasteiger partial charge in [0.1, 0.15) is 0 Å². The predicted octanol–water partition coefficient (Wildman–Crippen LogP) is 20.5. The number of nitrogens with zero attached hydrogens (tertiary/aromatic N) is 2. The molecule has 0 spiro atoms. The summed E-state index contributed by atoms with van der Waals surface area (Å²) >= 11 is 0. The zero-order valence-electron chi connectivity index (χ0n) is 44.7. The lowest BCUT2D eigenvalue weighted by Crippen LogP contribution is -2.18. The van der Waals surface area contributed by atoms with Crippen LogP contribution in [-0.2, 0) is 21.7 Å². The Morgan fingerprint density at radius 1 is 0.236 bits per heavy atom. The minimum Gasteiger partial charge on any atom is -0.310 e. The first kappa shape index (κ1) is 49.6. The van der Waals surface area contributed by atoms with Crippen molar-refractivity contribution in [3.8, 4) is 44.5 Å². The molecule has 0 aromatic heterocycles. The smallest absolute Gasteiger partial charge is 0.0540 e. The summed E-state index contributed by atoms with van der Waals surface area (Å²) in [5.74, 6) is 0. The Morgan fingerprint density at radius 2 is 0.597 bits per heavy atom. The number of rotatable bonds is 10. The van der Waals surface area contributed by atoms with Gasteiger partial charge < -0.3 is 9.80 Å². The van der Waals surface area contributed by atoms with Crippen LogP contribution in [0, 0.1) is 0 Å². The highest BCUT2D eigenvalue weighted by molar-refractivity contribution is 5.91. The largest absolute Gasteiger partial charge is 0.310 e. The monoisotopic (exact) mass is 941 g/mol. The first-order valence-corrected chi connectivity index (χ1v) is 25.7. The molecular weight excluding hydrogens is 869 g/mol. The van der Waals surface area contributed by atoms with Gasteiger partial charge in [-0.2, -0.15) is 0 Å². The van der Waals surface area contributed by atoms with E-state index in [9.17, 15) is 0 Å². The van der Waals surface area contributed by atoms with Crippen molar-refractivity contribution in [1.29, 1.82) is 0 Å². The zero-order chi connectivity index (χ0) is 51.0. The molecule has 2 nitrogen and oxygen atoms in total. The maximum Gasteiger partial charge on any atom is 0.0540 e. The molecule has 0 saturated heterocycles. The fourth-order valence-electron chi connectivity index (χ4n) is 9.77. The van der Waals surface area contributed by atoms with Gasteiger partial charge in [-0.15, -0.1) is 0 Å². The van der Waals surface area contributed by atoms with Crippen LogP contribution in [0.2, 0.25) is 0 Å². The highest BCUT2D eigenvalue weighted by Crippen LogP contribution is 2.47. The second-order valence-electron chi connectivity index (χ2n) is 23.6. The Labute approximate surface area is 431 Å². The highest BCUT2D eigenvalue weighted by Gasteiger charge is 2.27. The summed E-state index contributed by atoms with van der Waals surface area (Å²) in [6.07, 6.45) is 0. The van der Waals surface area contributed by atoms with Crippen LogP contribution >= 0.6 is 0 Å². The average Bonchev–Trinajstić information content (AvgIpc) is 3.37. The molecular formula is C70H72N2. The van der Waals surface area contributed by atoms with Crippen LogP contribution in [0.1, 0.15) is 105 Å². The Morgan fingerprint density at radius 3 is 1.06 bits per heavy atom. The van der Waals surface area contributed by atoms with Crippen LogP contribution < -0.4 is 9.80 Å². The molecule has 0 atom stereocenters. The summed E-state index contributed by atoms with van der Waals surface area (Å²) in [6, 6.07) is 81.1. The molecule has 0 N–H and O–H groups in total. The summed E-state index contributed by atoms with van der Waals surface area (Å²) in [5.41, 5.74) is 21.2. The van der Waals surface area contributed by atoms with Gasteiger partial charge in [-0.3, -0.25) is 0 Å². The van der Waals surface area contributed by atoms with Crippen molar-refractivity contribution < 1.29 is 0 Å². The third-order valence-corrected chi connectivity index (χ3v) is 14.0. The van der Waals surface area contributed by atoms with Crippen molar-refractivity contribution in [2.45, 2.75) is 105 Å². The standard InChI is InChI=1S/C70H72N2/c1-67(2,3)55-43-54(44-56(45-55)68(4,5)6)64-28-20-22-30-66(64)72(60-39-33-52(34-40-60)50-25-17-14-18-26-50)62-47-57(69(7,8)9)46-61(48-62)71(58-37-31-51(32-38-58)49-23-15-13-16-24-49)59-41-35-53(36-42-59)63-27-19-21-29-65(63)70(10,11)12/h13-48H,1-12H3. The van der Waals surface area contributed by atoms with Crippen molar-refractivity contribution in [1.82, 2.24) is 0 Å². The second-order valence-corrected chi connectivity index (χ2v) is 23.6. The minimum atomic E-state index is -0.181. The van der Waals surface area contributed by atoms with Crippen molar-refractivity contribution in [2.24, 2.45) is 0 Å². The van der Waals surface area contributed by atoms with Crippen LogP contribution in [0.5, 0.6) is 0 Å². The molecule has 0 amide bonds. The van der Waals surface area contributed by atoms with Gasteiger partial charge in [0.2, 0.25) is 0 Å². The number of hydrogen-bond acceptors (Lipinski definition) is 2. The molecule has 9 aromatic carbocycles. The van der Waals surface area contributed by atoms with Crippen LogP contribution in [0.3, 0.4) is 0 Å². The van der Waals surface area contributed by atoms with E-state index in [1.807, 2.05) is 0 Å². The van der Waals surface area contributed by atoms with Gasteiger partial charge in [0.25, 0.3) is 0 Å². The van der Waals surface area contributed by atoms with Crippen LogP contribution in [0.25, 0.3) is 44.5 Å². The Balaban J connectivity index is 1.28. The van der Waals surface area contributed by atoms with Gasteiger partial charge in [-0.05, 0) is 144 Å². The van der Waals surface area contributed by atoms with Crippen molar-refractivity contribution >= 4 is 34.1 Å². The predicted molar refractivity (Wildman–Crippen MR) is 312 cm³/mol. The molecule has 0 heterocycles. The van der Waals surface area contributed by atoms with Crippen LogP contribution in [-0.4, -0.2) is 0 Å². The fraction of sp³-hybridized carbons (Fsp3) is 0.229. The van der Waals surface area contributed by atoms with Crippen LogP contribution in [0.15, 0.2) is 218 Å². The average molecular weight is 941 g/mol. The SMILES string of the molecule is CC(C)(C)c1cc(N(c2ccc(-c3ccccc3)cc2)c2ccc(-c3ccccc3C(C)(C)C)cc2)cc(N(c2ccc(-c3ccccc3)cc2)c2ccccc2-c2cc(C(C)(C)C)cc(C(C)(C)C)c2)c1. The van der Waals surface area contributed by atoms with Gasteiger partial charge in [0.05, 0.1) is 5.69 Å². The first-order valence-electron chi connectivity index (χ1n) is 25.7. The molecule has 9 aromatic rings. The summed E-state index contributed by atoms with van der Waals surface area (Å²) in [5, 5.41) is 0. The summed E-state index contributed by atoms with van der Waals surface area (Å²) < 4.78 is 0. The van der Waals surface area contributed by atoms with Crippen molar-refractivity contribution in [2.75, 3.05) is 9.80 Å². The van der Waals surface area contributed by atoms with E-state index in [4.69, 9.17) is 0 Å². The summed E-state index contributed by atoms with van der Waals surface area (Å²) in [6.45, 7) is 27.8. The normalized spacial score (nSPS) is 12.2. The number of anilines is 6. The third-order valence-electron chi connectivity index (χ3n) is 14.0. The summed E-state index contributed by atoms with van der Waals surface area (Å²) in [4.78, 5) is 4.94. The van der Waals surface area contributed by atoms with Crippen molar-refractivity contribution in [3.05, 3.63) is 241 Å². The Hall–Kier alpha value is -7.42. The van der Waals surface area contributed by atoms with Gasteiger partial charge in [0, 0.05) is 34.0 Å². The zero-order valence-corrected chi connectivity index (χ0v) is 44.7. The van der Waals surface area contributed by atoms with E-state index in [1.165, 1.54) is 66.8 Å². The van der Waals surface area contributed by atoms with Gasteiger partial charge in [-0.1, -0.05) is 241 Å². The number of para-hydroxylation sites is 1. The molecule has 2 heteroatoms. The molecule has 0 aliphatic carbocycles. The molecule has 0 aliphatic heterocycles. The molecule has 72 heavy (non-hydrogen) atoms. The number of benzene rings is 9. The molecule has 362 valence electrons. The van der Waals surface area contributed by atoms with Crippen LogP contribution in [0.4, 0.5) is 34.1 Å². The summed E-state index contributed by atoms with van der Waals surface area (Å²) in [7, 11) is 0. The maximum absolute atomic E-state index is 2.49. The lowest BCUT2D eigenvalue weighted by molar-refractivity contribution is 0.569. The Bertz CT molecular complexity index is 3250. The van der Waals surface area contributed by atoms with E-state index in [1.54, 1.807) is 0 Å². The quantitative estimate of drug-likeness (QED) is 0.135. The van der Waals surface area contributed by atoms with Gasteiger partial charge in [0.15, 0.2) is 0 Å². The lowest BCUT2D eigenvalue weighted by atomic mass is 9.78. The molecule has 0 bridgehead atoms. The van der Waals surface area contributed by atoms with Gasteiger partial charge in [-0.25, -0.2) is 0 Å². The van der Waals surface area contributed by atoms with E-state index >= 15 is 0 Å². The fourth-order valence-corrected chi connectivity index (χ4v) is 9.77. The van der Waals surface area contributed by atoms with Crippen molar-refractivity contribution in [3.63, 3.8) is 0 Å². The minimum absolute atomic E-state index is 0.00221. The number of hydrogen-bond donors (Lipinski definition) is 0. The van der Waals surface area contributed by atoms with E-state index in [0.29, 0.717) is 0 Å². The van der Waals surface area contributed by atoms with E-state index in [-0.39, 0.29) is 21.7 Å². The Kier molecular flexibility index (Phi) is 13.5. The van der Waals surface area contributed by atoms with E-state index < -0.39 is 0 Å². The topological polar surface area (TPSA) is 6.48 Å². The van der Waals surface area contributed by atoms with E-state index in [0.717, 1.165) is 34.1 Å². The molecule has 9 rings (SSSR count). The molecule has 0 aliphatic rings.